The molecule has 1 N–H and O–H groups in total. The third-order valence-electron chi connectivity index (χ3n) is 4.29. The minimum atomic E-state index is -0.638. The summed E-state index contributed by atoms with van der Waals surface area (Å²) >= 11 is 0. The molecule has 0 amide bonds. The second kappa shape index (κ2) is 6.22. The van der Waals surface area contributed by atoms with Crippen LogP contribution in [0.25, 0.3) is 0 Å². The number of hydrogen-bond acceptors (Lipinski definition) is 4. The molecule has 4 nitrogen and oxygen atoms in total. The number of carbonyl (C=O) groups is 2. The molecule has 1 fully saturated rings. The van der Waals surface area contributed by atoms with E-state index in [0.29, 0.717) is 18.9 Å². The van der Waals surface area contributed by atoms with Crippen LogP contribution < -0.4 is 0 Å². The topological polar surface area (TPSA) is 63.6 Å². The van der Waals surface area contributed by atoms with Gasteiger partial charge in [-0.3, -0.25) is 9.59 Å². The highest BCUT2D eigenvalue weighted by Crippen LogP contribution is 2.40. The van der Waals surface area contributed by atoms with E-state index >= 15 is 0 Å². The van der Waals surface area contributed by atoms with Crippen LogP contribution in [0.15, 0.2) is 11.8 Å². The van der Waals surface area contributed by atoms with Crippen molar-refractivity contribution in [3.63, 3.8) is 0 Å². The Hall–Kier alpha value is -1.32. The number of hydrogen-bond donors (Lipinski definition) is 1. The molecule has 2 atom stereocenters. The van der Waals surface area contributed by atoms with Crippen molar-refractivity contribution in [2.45, 2.75) is 45.4 Å². The van der Waals surface area contributed by atoms with Crippen molar-refractivity contribution in [3.8, 4) is 0 Å². The first-order valence-corrected chi connectivity index (χ1v) is 7.23. The predicted molar refractivity (Wildman–Crippen MR) is 70.5 cm³/mol. The van der Waals surface area contributed by atoms with Gasteiger partial charge in [0.15, 0.2) is 5.78 Å². The van der Waals surface area contributed by atoms with Gasteiger partial charge >= 0.3 is 5.97 Å². The maximum atomic E-state index is 12.0. The van der Waals surface area contributed by atoms with Gasteiger partial charge in [0.05, 0.1) is 6.61 Å². The molecule has 19 heavy (non-hydrogen) atoms. The van der Waals surface area contributed by atoms with E-state index in [1.165, 1.54) is 12.5 Å². The molecule has 4 heteroatoms. The molecule has 0 heterocycles. The van der Waals surface area contributed by atoms with Gasteiger partial charge in [-0.25, -0.2) is 0 Å². The number of rotatable bonds is 3. The molecular formula is C15H22O4. The Kier molecular flexibility index (Phi) is 4.61. The summed E-state index contributed by atoms with van der Waals surface area (Å²) in [6.07, 6.45) is 7.16. The summed E-state index contributed by atoms with van der Waals surface area (Å²) in [6.45, 7) is 2.05. The average molecular weight is 266 g/mol. The van der Waals surface area contributed by atoms with E-state index in [9.17, 15) is 14.7 Å². The molecule has 106 valence electrons. The molecule has 0 spiro atoms. The molecule has 0 aliphatic heterocycles. The van der Waals surface area contributed by atoms with Crippen LogP contribution in [-0.4, -0.2) is 23.5 Å². The molecule has 2 rings (SSSR count). The van der Waals surface area contributed by atoms with Crippen LogP contribution >= 0.6 is 0 Å². The van der Waals surface area contributed by atoms with Crippen LogP contribution in [0.5, 0.6) is 0 Å². The summed E-state index contributed by atoms with van der Waals surface area (Å²) in [5.41, 5.74) is 0. The smallest absolute Gasteiger partial charge is 0.316 e. The number of ketones is 1. The van der Waals surface area contributed by atoms with Gasteiger partial charge in [-0.15, -0.1) is 0 Å². The van der Waals surface area contributed by atoms with Crippen molar-refractivity contribution in [3.05, 3.63) is 11.8 Å². The van der Waals surface area contributed by atoms with Crippen LogP contribution in [0.1, 0.15) is 45.4 Å². The Morgan fingerprint density at radius 2 is 2.05 bits per heavy atom. The normalized spacial score (nSPS) is 28.9. The molecule has 2 aliphatic carbocycles. The zero-order valence-electron chi connectivity index (χ0n) is 11.4. The second-order valence-electron chi connectivity index (χ2n) is 5.53. The van der Waals surface area contributed by atoms with Gasteiger partial charge in [0.25, 0.3) is 0 Å². The lowest BCUT2D eigenvalue weighted by molar-refractivity contribution is -0.151. The molecule has 0 bridgehead atoms. The van der Waals surface area contributed by atoms with Gasteiger partial charge in [0.2, 0.25) is 0 Å². The van der Waals surface area contributed by atoms with Crippen LogP contribution in [0, 0.1) is 17.8 Å². The fraction of sp³-hybridized carbons (Fsp3) is 0.733. The quantitative estimate of drug-likeness (QED) is 0.798. The first-order valence-electron chi connectivity index (χ1n) is 7.23. The van der Waals surface area contributed by atoms with Gasteiger partial charge in [-0.1, -0.05) is 32.1 Å². The number of esters is 1. The van der Waals surface area contributed by atoms with Gasteiger partial charge < -0.3 is 9.84 Å². The fourth-order valence-electron chi connectivity index (χ4n) is 3.41. The van der Waals surface area contributed by atoms with Crippen molar-refractivity contribution in [2.75, 3.05) is 6.61 Å². The van der Waals surface area contributed by atoms with Crippen LogP contribution in [0.4, 0.5) is 0 Å². The first-order chi connectivity index (χ1) is 9.13. The molecule has 0 radical (unpaired) electrons. The summed E-state index contributed by atoms with van der Waals surface area (Å²) in [5, 5.41) is 9.98. The minimum Gasteiger partial charge on any atom is -0.511 e. The molecule has 0 aromatic carbocycles. The molecule has 2 aliphatic rings. The fourth-order valence-corrected chi connectivity index (χ4v) is 3.41. The third kappa shape index (κ3) is 3.17. The molecule has 1 saturated carbocycles. The number of aliphatic hydroxyl groups excluding tert-OH is 1. The molecule has 0 aromatic heterocycles. The van der Waals surface area contributed by atoms with Crippen molar-refractivity contribution in [1.29, 1.82) is 0 Å². The van der Waals surface area contributed by atoms with Crippen LogP contribution in [0.3, 0.4) is 0 Å². The lowest BCUT2D eigenvalue weighted by Crippen LogP contribution is -2.37. The third-order valence-corrected chi connectivity index (χ3v) is 4.29. The van der Waals surface area contributed by atoms with E-state index in [2.05, 4.69) is 0 Å². The number of ether oxygens (including phenoxy) is 1. The van der Waals surface area contributed by atoms with Gasteiger partial charge in [-0.2, -0.15) is 0 Å². The Bertz CT molecular complexity index is 380. The van der Waals surface area contributed by atoms with Gasteiger partial charge in [0, 0.05) is 12.5 Å². The SMILES string of the molecule is CCOC(=O)C1C(O)=CC(=O)CC1C1CCCCC1. The van der Waals surface area contributed by atoms with Crippen LogP contribution in [-0.2, 0) is 14.3 Å². The van der Waals surface area contributed by atoms with Crippen LogP contribution in [0.2, 0.25) is 0 Å². The summed E-state index contributed by atoms with van der Waals surface area (Å²) in [6, 6.07) is 0. The number of carbonyl (C=O) groups excluding carboxylic acids is 2. The van der Waals surface area contributed by atoms with E-state index < -0.39 is 5.92 Å². The maximum absolute atomic E-state index is 12.0. The van der Waals surface area contributed by atoms with E-state index in [0.717, 1.165) is 25.7 Å². The number of allylic oxidation sites excluding steroid dienone is 1. The summed E-state index contributed by atoms with van der Waals surface area (Å²) in [4.78, 5) is 23.7. The lowest BCUT2D eigenvalue weighted by Gasteiger charge is -2.35. The predicted octanol–water partition coefficient (Wildman–Crippen LogP) is 2.78. The van der Waals surface area contributed by atoms with Gasteiger partial charge in [-0.05, 0) is 18.8 Å². The molecular weight excluding hydrogens is 244 g/mol. The highest BCUT2D eigenvalue weighted by Gasteiger charge is 2.42. The zero-order chi connectivity index (χ0) is 13.8. The Balaban J connectivity index is 2.19. The standard InChI is InChI=1S/C15H22O4/c1-2-19-15(18)14-12(8-11(16)9-13(14)17)10-6-4-3-5-7-10/h9-10,12,14,17H,2-8H2,1H3. The maximum Gasteiger partial charge on any atom is 0.316 e. The van der Waals surface area contributed by atoms with E-state index in [-0.39, 0.29) is 23.4 Å². The second-order valence-corrected chi connectivity index (χ2v) is 5.53. The Labute approximate surface area is 113 Å². The Morgan fingerprint density at radius 3 is 2.68 bits per heavy atom. The highest BCUT2D eigenvalue weighted by atomic mass is 16.5. The highest BCUT2D eigenvalue weighted by molar-refractivity contribution is 5.93. The lowest BCUT2D eigenvalue weighted by atomic mass is 9.69. The summed E-state index contributed by atoms with van der Waals surface area (Å²) in [7, 11) is 0. The van der Waals surface area contributed by atoms with Gasteiger partial charge in [0.1, 0.15) is 11.7 Å². The molecule has 2 unspecified atom stereocenters. The first kappa shape index (κ1) is 14.1. The molecule has 0 saturated heterocycles. The van der Waals surface area contributed by atoms with Crippen molar-refractivity contribution in [1.82, 2.24) is 0 Å². The van der Waals surface area contributed by atoms with E-state index in [1.54, 1.807) is 6.92 Å². The van der Waals surface area contributed by atoms with E-state index in [4.69, 9.17) is 4.74 Å². The Morgan fingerprint density at radius 1 is 1.37 bits per heavy atom. The largest absolute Gasteiger partial charge is 0.511 e. The summed E-state index contributed by atoms with van der Waals surface area (Å²) < 4.78 is 5.06. The zero-order valence-corrected chi connectivity index (χ0v) is 11.4. The van der Waals surface area contributed by atoms with E-state index in [1.807, 2.05) is 0 Å². The minimum absolute atomic E-state index is 0.0754. The average Bonchev–Trinajstić information content (AvgIpc) is 2.39. The monoisotopic (exact) mass is 266 g/mol. The number of aliphatic hydroxyl groups is 1. The summed E-state index contributed by atoms with van der Waals surface area (Å²) in [5.74, 6) is -0.946. The van der Waals surface area contributed by atoms with Crippen molar-refractivity contribution >= 4 is 11.8 Å². The van der Waals surface area contributed by atoms with Crippen molar-refractivity contribution in [2.24, 2.45) is 17.8 Å². The van der Waals surface area contributed by atoms with Crippen molar-refractivity contribution < 1.29 is 19.4 Å². The molecule has 0 aromatic rings.